The van der Waals surface area contributed by atoms with Crippen LogP contribution in [0.1, 0.15) is 18.4 Å². The number of amides is 2. The fraction of sp³-hybridized carbons (Fsp3) is 0.231. The largest absolute Gasteiger partial charge is 0.497 e. The van der Waals surface area contributed by atoms with E-state index < -0.39 is 28.3 Å². The molecule has 1 heterocycles. The van der Waals surface area contributed by atoms with E-state index in [0.717, 1.165) is 34.1 Å². The molecule has 0 atom stereocenters. The molecule has 0 aliphatic carbocycles. The molecular formula is C26H26FN3O5S. The van der Waals surface area contributed by atoms with E-state index in [-0.39, 0.29) is 16.5 Å². The van der Waals surface area contributed by atoms with Crippen LogP contribution in [0.15, 0.2) is 71.6 Å². The number of nitrogens with zero attached hydrogens (tertiary/aromatic N) is 2. The minimum Gasteiger partial charge on any atom is -0.497 e. The molecule has 1 aliphatic rings. The Morgan fingerprint density at radius 2 is 1.78 bits per heavy atom. The molecule has 1 saturated heterocycles. The van der Waals surface area contributed by atoms with E-state index in [2.05, 4.69) is 5.32 Å². The first-order valence-corrected chi connectivity index (χ1v) is 12.8. The quantitative estimate of drug-likeness (QED) is 0.491. The van der Waals surface area contributed by atoms with Crippen molar-refractivity contribution in [1.29, 1.82) is 0 Å². The van der Waals surface area contributed by atoms with Gasteiger partial charge < -0.3 is 15.0 Å². The van der Waals surface area contributed by atoms with Gasteiger partial charge in [-0.3, -0.25) is 13.9 Å². The second-order valence-corrected chi connectivity index (χ2v) is 10.2. The lowest BCUT2D eigenvalue weighted by Crippen LogP contribution is -2.38. The highest BCUT2D eigenvalue weighted by Gasteiger charge is 2.28. The summed E-state index contributed by atoms with van der Waals surface area (Å²) in [5.41, 5.74) is 2.20. The van der Waals surface area contributed by atoms with Gasteiger partial charge in [0.15, 0.2) is 0 Å². The van der Waals surface area contributed by atoms with E-state index in [9.17, 15) is 22.4 Å². The first kappa shape index (κ1) is 25.2. The lowest BCUT2D eigenvalue weighted by atomic mass is 10.1. The molecule has 0 aromatic heterocycles. The summed E-state index contributed by atoms with van der Waals surface area (Å²) in [4.78, 5) is 26.7. The molecule has 4 rings (SSSR count). The molecule has 0 spiro atoms. The third kappa shape index (κ3) is 5.33. The highest BCUT2D eigenvalue weighted by Crippen LogP contribution is 2.28. The van der Waals surface area contributed by atoms with Crippen LogP contribution in [0.25, 0.3) is 0 Å². The number of nitrogens with one attached hydrogen (secondary N) is 1. The topological polar surface area (TPSA) is 96.0 Å². The van der Waals surface area contributed by atoms with E-state index in [1.807, 2.05) is 6.92 Å². The molecule has 0 saturated carbocycles. The molecular weight excluding hydrogens is 485 g/mol. The van der Waals surface area contributed by atoms with Gasteiger partial charge >= 0.3 is 0 Å². The molecule has 188 valence electrons. The predicted molar refractivity (Wildman–Crippen MR) is 135 cm³/mol. The highest BCUT2D eigenvalue weighted by molar-refractivity contribution is 7.92. The van der Waals surface area contributed by atoms with Crippen LogP contribution >= 0.6 is 0 Å². The number of benzene rings is 3. The van der Waals surface area contributed by atoms with Crippen molar-refractivity contribution in [1.82, 2.24) is 0 Å². The van der Waals surface area contributed by atoms with E-state index >= 15 is 0 Å². The molecule has 1 aliphatic heterocycles. The van der Waals surface area contributed by atoms with Crippen molar-refractivity contribution in [2.45, 2.75) is 24.7 Å². The van der Waals surface area contributed by atoms with Crippen molar-refractivity contribution in [2.24, 2.45) is 0 Å². The van der Waals surface area contributed by atoms with Gasteiger partial charge in [-0.25, -0.2) is 12.8 Å². The molecule has 0 unspecified atom stereocenters. The van der Waals surface area contributed by atoms with Gasteiger partial charge in [-0.05, 0) is 85.6 Å². The van der Waals surface area contributed by atoms with Crippen molar-refractivity contribution < 1.29 is 27.1 Å². The molecule has 2 amide bonds. The Kier molecular flexibility index (Phi) is 7.25. The summed E-state index contributed by atoms with van der Waals surface area (Å²) in [7, 11) is -2.69. The van der Waals surface area contributed by atoms with Crippen molar-refractivity contribution in [3.8, 4) is 5.75 Å². The SMILES string of the molecule is COc1ccc(S(=O)(=O)N(CC(=O)Nc2ccc(N3CCCC3=O)c(C)c2)c2ccc(F)cc2)cc1. The number of rotatable bonds is 8. The van der Waals surface area contributed by atoms with Crippen LogP contribution in [0.3, 0.4) is 0 Å². The number of anilines is 3. The average molecular weight is 512 g/mol. The summed E-state index contributed by atoms with van der Waals surface area (Å²) in [6.07, 6.45) is 1.32. The fourth-order valence-corrected chi connectivity index (χ4v) is 5.49. The summed E-state index contributed by atoms with van der Waals surface area (Å²) in [6, 6.07) is 15.8. The van der Waals surface area contributed by atoms with Crippen LogP contribution in [-0.2, 0) is 19.6 Å². The van der Waals surface area contributed by atoms with Gasteiger partial charge in [0, 0.05) is 24.3 Å². The monoisotopic (exact) mass is 511 g/mol. The Labute approximate surface area is 209 Å². The fourth-order valence-electron chi connectivity index (χ4n) is 4.07. The van der Waals surface area contributed by atoms with Crippen LogP contribution in [0.4, 0.5) is 21.5 Å². The summed E-state index contributed by atoms with van der Waals surface area (Å²) >= 11 is 0. The second-order valence-electron chi connectivity index (χ2n) is 8.36. The smallest absolute Gasteiger partial charge is 0.264 e. The van der Waals surface area contributed by atoms with Gasteiger partial charge in [-0.1, -0.05) is 0 Å². The van der Waals surface area contributed by atoms with Crippen molar-refractivity contribution in [2.75, 3.05) is 34.7 Å². The summed E-state index contributed by atoms with van der Waals surface area (Å²) in [5.74, 6) is -0.569. The first-order chi connectivity index (χ1) is 17.2. The van der Waals surface area contributed by atoms with E-state index in [1.165, 1.54) is 43.5 Å². The molecule has 10 heteroatoms. The number of halogens is 1. The van der Waals surface area contributed by atoms with Gasteiger partial charge in [0.25, 0.3) is 10.0 Å². The highest BCUT2D eigenvalue weighted by atomic mass is 32.2. The second kappa shape index (κ2) is 10.4. The lowest BCUT2D eigenvalue weighted by Gasteiger charge is -2.24. The number of aryl methyl sites for hydroxylation is 1. The normalized spacial score (nSPS) is 13.5. The molecule has 1 fully saturated rings. The number of hydrogen-bond acceptors (Lipinski definition) is 5. The number of carbonyl (C=O) groups is 2. The minimum atomic E-state index is -4.16. The molecule has 0 radical (unpaired) electrons. The summed E-state index contributed by atoms with van der Waals surface area (Å²) < 4.78 is 46.5. The van der Waals surface area contributed by atoms with Gasteiger partial charge in [0.05, 0.1) is 17.7 Å². The Hall–Kier alpha value is -3.92. The maximum Gasteiger partial charge on any atom is 0.264 e. The lowest BCUT2D eigenvalue weighted by molar-refractivity contribution is -0.117. The average Bonchev–Trinajstić information content (AvgIpc) is 3.28. The van der Waals surface area contributed by atoms with Crippen LogP contribution in [0, 0.1) is 12.7 Å². The predicted octanol–water partition coefficient (Wildman–Crippen LogP) is 4.10. The van der Waals surface area contributed by atoms with Gasteiger partial charge in [0.1, 0.15) is 18.1 Å². The number of methoxy groups -OCH3 is 1. The third-order valence-electron chi connectivity index (χ3n) is 5.89. The number of ether oxygens (including phenoxy) is 1. The zero-order valence-electron chi connectivity index (χ0n) is 19.9. The minimum absolute atomic E-state index is 0.0455. The maximum absolute atomic E-state index is 13.5. The van der Waals surface area contributed by atoms with Crippen molar-refractivity contribution in [3.63, 3.8) is 0 Å². The van der Waals surface area contributed by atoms with Crippen LogP contribution in [0.5, 0.6) is 5.75 Å². The zero-order chi connectivity index (χ0) is 25.9. The third-order valence-corrected chi connectivity index (χ3v) is 7.68. The molecule has 36 heavy (non-hydrogen) atoms. The molecule has 0 bridgehead atoms. The number of hydrogen-bond donors (Lipinski definition) is 1. The van der Waals surface area contributed by atoms with Crippen molar-refractivity contribution in [3.05, 3.63) is 78.1 Å². The molecule has 8 nitrogen and oxygen atoms in total. The van der Waals surface area contributed by atoms with E-state index in [1.54, 1.807) is 23.1 Å². The number of carbonyl (C=O) groups excluding carboxylic acids is 2. The Balaban J connectivity index is 1.58. The summed E-state index contributed by atoms with van der Waals surface area (Å²) in [6.45, 7) is 1.96. The van der Waals surface area contributed by atoms with Crippen LogP contribution in [0.2, 0.25) is 0 Å². The van der Waals surface area contributed by atoms with Crippen molar-refractivity contribution >= 4 is 38.9 Å². The van der Waals surface area contributed by atoms with E-state index in [0.29, 0.717) is 24.4 Å². The number of sulfonamides is 1. The Bertz CT molecular complexity index is 1380. The Morgan fingerprint density at radius 1 is 1.08 bits per heavy atom. The maximum atomic E-state index is 13.5. The standard InChI is InChI=1S/C26H26FN3O5S/c1-18-16-20(7-14-24(18)29-15-3-4-26(29)32)28-25(31)17-30(21-8-5-19(27)6-9-21)36(33,34)23-12-10-22(35-2)11-13-23/h5-14,16H,3-4,15,17H2,1-2H3,(H,28,31). The van der Waals surface area contributed by atoms with Crippen LogP contribution in [-0.4, -0.2) is 40.4 Å². The molecule has 1 N–H and O–H groups in total. The first-order valence-electron chi connectivity index (χ1n) is 11.3. The zero-order valence-corrected chi connectivity index (χ0v) is 20.7. The van der Waals surface area contributed by atoms with E-state index in [4.69, 9.17) is 4.74 Å². The Morgan fingerprint density at radius 3 is 2.36 bits per heavy atom. The van der Waals surface area contributed by atoms with Gasteiger partial charge in [-0.2, -0.15) is 0 Å². The van der Waals surface area contributed by atoms with Crippen LogP contribution < -0.4 is 19.3 Å². The van der Waals surface area contributed by atoms with Gasteiger partial charge in [0.2, 0.25) is 11.8 Å². The van der Waals surface area contributed by atoms with Gasteiger partial charge in [-0.15, -0.1) is 0 Å². The summed E-state index contributed by atoms with van der Waals surface area (Å²) in [5, 5.41) is 2.72. The molecule has 3 aromatic rings. The molecule has 3 aromatic carbocycles.